The van der Waals surface area contributed by atoms with Gasteiger partial charge in [-0.3, -0.25) is 9.79 Å². The van der Waals surface area contributed by atoms with Crippen LogP contribution in [0.2, 0.25) is 0 Å². The molecule has 184 valence electrons. The molecule has 1 unspecified atom stereocenters. The van der Waals surface area contributed by atoms with Crippen molar-refractivity contribution in [1.29, 1.82) is 0 Å². The second kappa shape index (κ2) is 10.1. The first-order chi connectivity index (χ1) is 16.7. The minimum Gasteiger partial charge on any atom is -0.493 e. The number of methoxy groups -OCH3 is 2. The van der Waals surface area contributed by atoms with Gasteiger partial charge in [0.25, 0.3) is 0 Å². The van der Waals surface area contributed by atoms with Gasteiger partial charge >= 0.3 is 5.97 Å². The van der Waals surface area contributed by atoms with E-state index in [1.807, 2.05) is 70.2 Å². The second-order valence-electron chi connectivity index (χ2n) is 9.55. The number of rotatable bonds is 6. The Morgan fingerprint density at radius 1 is 0.971 bits per heavy atom. The third-order valence-electron chi connectivity index (χ3n) is 6.92. The van der Waals surface area contributed by atoms with E-state index in [1.165, 1.54) is 0 Å². The highest BCUT2D eigenvalue weighted by Crippen LogP contribution is 2.47. The number of carbonyl (C=O) groups excluding carboxylic acids is 2. The Morgan fingerprint density at radius 2 is 1.69 bits per heavy atom. The number of nitrogens with zero attached hydrogens (tertiary/aromatic N) is 1. The zero-order chi connectivity index (χ0) is 25.3. The van der Waals surface area contributed by atoms with Gasteiger partial charge < -0.3 is 14.2 Å². The summed E-state index contributed by atoms with van der Waals surface area (Å²) in [5.41, 5.74) is 4.95. The second-order valence-corrected chi connectivity index (χ2v) is 9.55. The van der Waals surface area contributed by atoms with Gasteiger partial charge in [-0.15, -0.1) is 0 Å². The molecule has 1 aliphatic heterocycles. The molecule has 1 heterocycles. The zero-order valence-electron chi connectivity index (χ0n) is 21.3. The Morgan fingerprint density at radius 3 is 2.34 bits per heavy atom. The Kier molecular flexibility index (Phi) is 7.10. The van der Waals surface area contributed by atoms with Gasteiger partial charge in [-0.2, -0.15) is 0 Å². The molecule has 0 saturated heterocycles. The van der Waals surface area contributed by atoms with E-state index in [0.717, 1.165) is 22.4 Å². The molecule has 2 aromatic rings. The summed E-state index contributed by atoms with van der Waals surface area (Å²) < 4.78 is 16.5. The number of allylic oxidation sites excluding steroid dienone is 1. The highest BCUT2D eigenvalue weighted by atomic mass is 16.5. The van der Waals surface area contributed by atoms with E-state index in [0.29, 0.717) is 35.6 Å². The Bertz CT molecular complexity index is 1210. The van der Waals surface area contributed by atoms with Gasteiger partial charge in [-0.25, -0.2) is 4.79 Å². The lowest BCUT2D eigenvalue weighted by atomic mass is 9.65. The van der Waals surface area contributed by atoms with Crippen LogP contribution < -0.4 is 9.47 Å². The molecule has 0 N–H and O–H groups in total. The van der Waals surface area contributed by atoms with E-state index in [4.69, 9.17) is 19.2 Å². The number of ketones is 1. The molecule has 0 bridgehead atoms. The quantitative estimate of drug-likeness (QED) is 0.513. The first kappa shape index (κ1) is 24.7. The van der Waals surface area contributed by atoms with Crippen LogP contribution in [0.1, 0.15) is 62.1 Å². The van der Waals surface area contributed by atoms with E-state index in [1.54, 1.807) is 14.2 Å². The molecule has 1 aliphatic carbocycles. The summed E-state index contributed by atoms with van der Waals surface area (Å²) in [6.45, 7) is 7.51. The van der Waals surface area contributed by atoms with Crippen LogP contribution in [-0.2, 0) is 14.3 Å². The summed E-state index contributed by atoms with van der Waals surface area (Å²) in [4.78, 5) is 31.8. The van der Waals surface area contributed by atoms with E-state index in [2.05, 4.69) is 0 Å². The molecule has 6 heteroatoms. The van der Waals surface area contributed by atoms with Gasteiger partial charge in [0.1, 0.15) is 5.78 Å². The monoisotopic (exact) mass is 475 g/mol. The highest BCUT2D eigenvalue weighted by molar-refractivity contribution is 6.12. The molecule has 4 rings (SSSR count). The van der Waals surface area contributed by atoms with Gasteiger partial charge in [-0.1, -0.05) is 30.3 Å². The molecule has 0 amide bonds. The maximum absolute atomic E-state index is 13.8. The number of fused-ring (bicyclic) bond motifs is 1. The van der Waals surface area contributed by atoms with Crippen molar-refractivity contribution >= 4 is 17.5 Å². The van der Waals surface area contributed by atoms with Crippen molar-refractivity contribution in [2.24, 2.45) is 10.9 Å². The summed E-state index contributed by atoms with van der Waals surface area (Å²) in [5.74, 6) is 0.0657. The third-order valence-corrected chi connectivity index (χ3v) is 6.92. The standard InChI is InChI=1S/C29H33NO5/c1-16(2)35-29(32)26-18(4)30-22-13-20(19-11-12-24(33-5)25(15-19)34-6)14-23(31)28(22)27(26)21-10-8-7-9-17(21)3/h7-12,15-16,20,27-28H,13-14H2,1-6H3/t20-,27+,28?/m1/s1. The van der Waals surface area contributed by atoms with Gasteiger partial charge in [0.2, 0.25) is 0 Å². The van der Waals surface area contributed by atoms with E-state index >= 15 is 0 Å². The van der Waals surface area contributed by atoms with Crippen molar-refractivity contribution in [2.45, 2.75) is 58.5 Å². The fourth-order valence-corrected chi connectivity index (χ4v) is 5.33. The van der Waals surface area contributed by atoms with Crippen molar-refractivity contribution in [1.82, 2.24) is 0 Å². The van der Waals surface area contributed by atoms with Gasteiger partial charge in [0.05, 0.1) is 31.8 Å². The molecule has 1 fully saturated rings. The molecule has 2 aliphatic rings. The van der Waals surface area contributed by atoms with Crippen LogP contribution in [0, 0.1) is 12.8 Å². The number of aryl methyl sites for hydroxylation is 1. The maximum Gasteiger partial charge on any atom is 0.336 e. The molecule has 3 atom stereocenters. The normalized spacial score (nSPS) is 22.0. The molecular formula is C29H33NO5. The fourth-order valence-electron chi connectivity index (χ4n) is 5.33. The Hall–Kier alpha value is -3.41. The largest absolute Gasteiger partial charge is 0.493 e. The van der Waals surface area contributed by atoms with Crippen molar-refractivity contribution in [3.05, 3.63) is 70.4 Å². The van der Waals surface area contributed by atoms with Crippen molar-refractivity contribution in [2.75, 3.05) is 14.2 Å². The van der Waals surface area contributed by atoms with Crippen LogP contribution in [-0.4, -0.2) is 37.8 Å². The van der Waals surface area contributed by atoms with Crippen molar-refractivity contribution in [3.8, 4) is 11.5 Å². The number of carbonyl (C=O) groups is 2. The number of esters is 1. The number of Topliss-reactive ketones (excluding diaryl/α,β-unsaturated/α-hetero) is 1. The van der Waals surface area contributed by atoms with Crippen LogP contribution in [0.25, 0.3) is 0 Å². The molecule has 0 radical (unpaired) electrons. The topological polar surface area (TPSA) is 74.2 Å². The van der Waals surface area contributed by atoms with Gasteiger partial charge in [0.15, 0.2) is 11.5 Å². The van der Waals surface area contributed by atoms with E-state index < -0.39 is 17.8 Å². The fraction of sp³-hybridized carbons (Fsp3) is 0.414. The smallest absolute Gasteiger partial charge is 0.336 e. The lowest BCUT2D eigenvalue weighted by Crippen LogP contribution is -2.41. The molecule has 2 aromatic carbocycles. The average Bonchev–Trinajstić information content (AvgIpc) is 2.82. The molecule has 35 heavy (non-hydrogen) atoms. The first-order valence-electron chi connectivity index (χ1n) is 12.0. The lowest BCUT2D eigenvalue weighted by Gasteiger charge is -2.39. The van der Waals surface area contributed by atoms with Gasteiger partial charge in [0, 0.05) is 23.7 Å². The van der Waals surface area contributed by atoms with Crippen LogP contribution in [0.15, 0.2) is 58.7 Å². The minimum atomic E-state index is -0.481. The van der Waals surface area contributed by atoms with Crippen LogP contribution in [0.5, 0.6) is 11.5 Å². The van der Waals surface area contributed by atoms with Crippen LogP contribution in [0.4, 0.5) is 0 Å². The summed E-state index contributed by atoms with van der Waals surface area (Å²) in [7, 11) is 3.21. The molecule has 0 spiro atoms. The minimum absolute atomic E-state index is 0.0215. The van der Waals surface area contributed by atoms with E-state index in [-0.39, 0.29) is 17.8 Å². The lowest BCUT2D eigenvalue weighted by molar-refractivity contribution is -0.143. The van der Waals surface area contributed by atoms with Crippen LogP contribution in [0.3, 0.4) is 0 Å². The molecule has 0 aromatic heterocycles. The molecule has 1 saturated carbocycles. The zero-order valence-corrected chi connectivity index (χ0v) is 21.3. The SMILES string of the molecule is COc1ccc([C@H]2CC(=O)C3C(=NC(C)=C(C(=O)OC(C)C)[C@@H]3c3ccccc3C)C2)cc1OC. The predicted octanol–water partition coefficient (Wildman–Crippen LogP) is 5.54. The first-order valence-corrected chi connectivity index (χ1v) is 12.0. The van der Waals surface area contributed by atoms with E-state index in [9.17, 15) is 9.59 Å². The summed E-state index contributed by atoms with van der Waals surface area (Å²) in [6, 6.07) is 13.7. The summed E-state index contributed by atoms with van der Waals surface area (Å²) in [6.07, 6.45) is 0.743. The predicted molar refractivity (Wildman–Crippen MR) is 135 cm³/mol. The number of benzene rings is 2. The number of hydrogen-bond acceptors (Lipinski definition) is 6. The average molecular weight is 476 g/mol. The maximum atomic E-state index is 13.8. The summed E-state index contributed by atoms with van der Waals surface area (Å²) >= 11 is 0. The highest BCUT2D eigenvalue weighted by Gasteiger charge is 2.46. The number of aliphatic imine (C=N–C) groups is 1. The number of ether oxygens (including phenoxy) is 3. The van der Waals surface area contributed by atoms with Crippen molar-refractivity contribution in [3.63, 3.8) is 0 Å². The number of hydrogen-bond donors (Lipinski definition) is 0. The third kappa shape index (κ3) is 4.75. The van der Waals surface area contributed by atoms with Crippen LogP contribution >= 0.6 is 0 Å². The summed E-state index contributed by atoms with van der Waals surface area (Å²) in [5, 5.41) is 0. The van der Waals surface area contributed by atoms with Crippen molar-refractivity contribution < 1.29 is 23.8 Å². The Labute approximate surface area is 207 Å². The Balaban J connectivity index is 1.78. The molecule has 6 nitrogen and oxygen atoms in total. The van der Waals surface area contributed by atoms with Gasteiger partial charge in [-0.05, 0) is 68.9 Å². The molecular weight excluding hydrogens is 442 g/mol.